The van der Waals surface area contributed by atoms with Crippen molar-refractivity contribution in [2.24, 2.45) is 5.73 Å². The lowest BCUT2D eigenvalue weighted by Crippen LogP contribution is -1.97. The molecule has 0 fully saturated rings. The van der Waals surface area contributed by atoms with Crippen LogP contribution in [0.3, 0.4) is 0 Å². The Bertz CT molecular complexity index is 274. The smallest absolute Gasteiger partial charge is 0.169 e. The average molecular weight is 217 g/mol. The molecule has 1 aromatic rings. The third-order valence-electron chi connectivity index (χ3n) is 1.52. The Kier molecular flexibility index (Phi) is 7.24. The van der Waals surface area contributed by atoms with Crippen LogP contribution in [-0.2, 0) is 17.3 Å². The van der Waals surface area contributed by atoms with Crippen molar-refractivity contribution in [1.82, 2.24) is 0 Å². The Morgan fingerprint density at radius 1 is 1.29 bits per heavy atom. The zero-order valence-corrected chi connectivity index (χ0v) is 9.31. The number of nitrogens with two attached hydrogens (primary N) is 1. The molecule has 2 N–H and O–H groups in total. The zero-order valence-electron chi connectivity index (χ0n) is 8.50. The Labute approximate surface area is 86.8 Å². The van der Waals surface area contributed by atoms with Gasteiger partial charge in [-0.1, -0.05) is 26.0 Å². The van der Waals surface area contributed by atoms with Gasteiger partial charge in [-0.25, -0.2) is 4.39 Å². The van der Waals surface area contributed by atoms with Gasteiger partial charge in [0.2, 0.25) is 0 Å². The van der Waals surface area contributed by atoms with Gasteiger partial charge in [-0.3, -0.25) is 4.21 Å². The largest absolute Gasteiger partial charge is 0.326 e. The van der Waals surface area contributed by atoms with Crippen LogP contribution in [0.1, 0.15) is 19.4 Å². The fourth-order valence-electron chi connectivity index (χ4n) is 0.840. The fraction of sp³-hybridized carbons (Fsp3) is 0.400. The molecular weight excluding hydrogens is 201 g/mol. The van der Waals surface area contributed by atoms with E-state index in [2.05, 4.69) is 0 Å². The molecule has 0 saturated heterocycles. The van der Waals surface area contributed by atoms with Crippen molar-refractivity contribution in [2.45, 2.75) is 25.3 Å². The van der Waals surface area contributed by atoms with Gasteiger partial charge in [-0.05, 0) is 17.7 Å². The summed E-state index contributed by atoms with van der Waals surface area (Å²) in [6, 6.07) is 5.95. The summed E-state index contributed by atoms with van der Waals surface area (Å²) in [5.74, 6) is 0. The summed E-state index contributed by atoms with van der Waals surface area (Å²) < 4.78 is 22.8. The molecular formula is C10H16FNOS. The number of halogens is 1. The van der Waals surface area contributed by atoms with Crippen LogP contribution in [0.15, 0.2) is 29.2 Å². The standard InChI is InChI=1S/C8H10FNOS.C2H6/c9-6-12(11)8-3-1-7(5-10)2-4-8;1-2/h1-4H,5-6,10H2;1-2H3. The Hall–Kier alpha value is -0.740. The minimum absolute atomic E-state index is 0.447. The van der Waals surface area contributed by atoms with E-state index in [4.69, 9.17) is 5.73 Å². The highest BCUT2D eigenvalue weighted by atomic mass is 32.2. The van der Waals surface area contributed by atoms with Gasteiger partial charge in [0.1, 0.15) is 0 Å². The van der Waals surface area contributed by atoms with E-state index in [1.54, 1.807) is 24.3 Å². The van der Waals surface area contributed by atoms with Crippen LogP contribution in [0.2, 0.25) is 0 Å². The van der Waals surface area contributed by atoms with Crippen molar-refractivity contribution in [2.75, 3.05) is 6.01 Å². The predicted molar refractivity (Wildman–Crippen MR) is 58.1 cm³/mol. The maximum Gasteiger partial charge on any atom is 0.169 e. The summed E-state index contributed by atoms with van der Waals surface area (Å²) in [7, 11) is -1.51. The Morgan fingerprint density at radius 2 is 1.79 bits per heavy atom. The Balaban J connectivity index is 0.000000791. The van der Waals surface area contributed by atoms with Gasteiger partial charge >= 0.3 is 0 Å². The lowest BCUT2D eigenvalue weighted by atomic mass is 10.2. The van der Waals surface area contributed by atoms with Gasteiger partial charge in [-0.2, -0.15) is 0 Å². The molecule has 0 aliphatic heterocycles. The van der Waals surface area contributed by atoms with Crippen molar-refractivity contribution in [3.05, 3.63) is 29.8 Å². The predicted octanol–water partition coefficient (Wildman–Crippen LogP) is 2.21. The first-order valence-corrected chi connectivity index (χ1v) is 5.83. The molecule has 4 heteroatoms. The van der Waals surface area contributed by atoms with E-state index in [1.165, 1.54) is 0 Å². The van der Waals surface area contributed by atoms with Crippen LogP contribution in [-0.4, -0.2) is 10.2 Å². The summed E-state index contributed by atoms with van der Waals surface area (Å²) in [6.45, 7) is 4.45. The van der Waals surface area contributed by atoms with E-state index in [9.17, 15) is 8.60 Å². The van der Waals surface area contributed by atoms with Crippen LogP contribution in [0.25, 0.3) is 0 Å². The van der Waals surface area contributed by atoms with Gasteiger partial charge in [0, 0.05) is 11.4 Å². The van der Waals surface area contributed by atoms with Gasteiger partial charge in [0.05, 0.1) is 10.8 Å². The summed E-state index contributed by atoms with van der Waals surface area (Å²) in [5, 5.41) is 0. The molecule has 0 spiro atoms. The maximum absolute atomic E-state index is 11.9. The summed E-state index contributed by atoms with van der Waals surface area (Å²) in [5.41, 5.74) is 6.31. The van der Waals surface area contributed by atoms with Crippen molar-refractivity contribution in [1.29, 1.82) is 0 Å². The zero-order chi connectivity index (χ0) is 11.0. The van der Waals surface area contributed by atoms with E-state index in [-0.39, 0.29) is 0 Å². The van der Waals surface area contributed by atoms with Crippen molar-refractivity contribution >= 4 is 10.8 Å². The van der Waals surface area contributed by atoms with E-state index in [0.717, 1.165) is 5.56 Å². The molecule has 0 aliphatic rings. The number of hydrogen-bond acceptors (Lipinski definition) is 2. The quantitative estimate of drug-likeness (QED) is 0.843. The SMILES string of the molecule is CC.NCc1ccc(S(=O)CF)cc1. The van der Waals surface area contributed by atoms with E-state index < -0.39 is 16.8 Å². The number of benzene rings is 1. The topological polar surface area (TPSA) is 43.1 Å². The third-order valence-corrected chi connectivity index (χ3v) is 2.52. The van der Waals surface area contributed by atoms with Gasteiger partial charge in [0.25, 0.3) is 0 Å². The Morgan fingerprint density at radius 3 is 2.14 bits per heavy atom. The highest BCUT2D eigenvalue weighted by Gasteiger charge is 2.01. The highest BCUT2D eigenvalue weighted by Crippen LogP contribution is 2.08. The van der Waals surface area contributed by atoms with Crippen molar-refractivity contribution in [3.8, 4) is 0 Å². The normalized spacial score (nSPS) is 11.4. The number of hydrogen-bond donors (Lipinski definition) is 1. The minimum atomic E-state index is -1.51. The van der Waals surface area contributed by atoms with Gasteiger partial charge in [-0.15, -0.1) is 0 Å². The molecule has 0 bridgehead atoms. The first-order chi connectivity index (χ1) is 6.77. The lowest BCUT2D eigenvalue weighted by Gasteiger charge is -1.98. The monoisotopic (exact) mass is 217 g/mol. The first kappa shape index (κ1) is 13.3. The number of rotatable bonds is 3. The molecule has 0 saturated carbocycles. The van der Waals surface area contributed by atoms with Crippen molar-refractivity contribution in [3.63, 3.8) is 0 Å². The van der Waals surface area contributed by atoms with Crippen LogP contribution in [0.5, 0.6) is 0 Å². The van der Waals surface area contributed by atoms with E-state index >= 15 is 0 Å². The molecule has 0 amide bonds. The molecule has 14 heavy (non-hydrogen) atoms. The highest BCUT2D eigenvalue weighted by molar-refractivity contribution is 7.84. The van der Waals surface area contributed by atoms with E-state index in [0.29, 0.717) is 11.4 Å². The summed E-state index contributed by atoms with van der Waals surface area (Å²) in [4.78, 5) is 0.509. The first-order valence-electron chi connectivity index (χ1n) is 4.51. The van der Waals surface area contributed by atoms with Crippen LogP contribution < -0.4 is 5.73 Å². The third kappa shape index (κ3) is 3.98. The molecule has 0 radical (unpaired) electrons. The van der Waals surface area contributed by atoms with Gasteiger partial charge in [0.15, 0.2) is 6.01 Å². The van der Waals surface area contributed by atoms with Crippen LogP contribution in [0, 0.1) is 0 Å². The summed E-state index contributed by atoms with van der Waals surface area (Å²) in [6.07, 6.45) is 0. The van der Waals surface area contributed by atoms with Crippen molar-refractivity contribution < 1.29 is 8.60 Å². The molecule has 1 aromatic carbocycles. The number of alkyl halides is 1. The maximum atomic E-state index is 11.9. The molecule has 0 aliphatic carbocycles. The molecule has 1 unspecified atom stereocenters. The lowest BCUT2D eigenvalue weighted by molar-refractivity contribution is 0.580. The molecule has 0 aromatic heterocycles. The minimum Gasteiger partial charge on any atom is -0.326 e. The molecule has 80 valence electrons. The van der Waals surface area contributed by atoms with Crippen LogP contribution >= 0.6 is 0 Å². The second-order valence-electron chi connectivity index (χ2n) is 2.30. The fourth-order valence-corrected chi connectivity index (χ4v) is 1.41. The second-order valence-corrected chi connectivity index (χ2v) is 3.68. The van der Waals surface area contributed by atoms with Crippen LogP contribution in [0.4, 0.5) is 4.39 Å². The second kappa shape index (κ2) is 7.64. The molecule has 1 rings (SSSR count). The van der Waals surface area contributed by atoms with E-state index in [1.807, 2.05) is 13.8 Å². The average Bonchev–Trinajstić information content (AvgIpc) is 2.31. The molecule has 0 heterocycles. The molecule has 1 atom stereocenters. The van der Waals surface area contributed by atoms with Gasteiger partial charge < -0.3 is 5.73 Å². The molecule has 2 nitrogen and oxygen atoms in total. The summed E-state index contributed by atoms with van der Waals surface area (Å²) >= 11 is 0.